The van der Waals surface area contributed by atoms with Gasteiger partial charge in [0.05, 0.1) is 18.1 Å². The summed E-state index contributed by atoms with van der Waals surface area (Å²) in [5.74, 6) is 0. The predicted octanol–water partition coefficient (Wildman–Crippen LogP) is 1.11. The minimum absolute atomic E-state index is 0.345. The molecule has 0 N–H and O–H groups in total. The molecule has 1 aliphatic rings. The van der Waals surface area contributed by atoms with E-state index < -0.39 is 10.0 Å². The van der Waals surface area contributed by atoms with Crippen molar-refractivity contribution in [2.75, 3.05) is 45.3 Å². The van der Waals surface area contributed by atoms with E-state index in [0.29, 0.717) is 37.7 Å². The number of sulfonamides is 1. The molecule has 0 spiro atoms. The topological polar surface area (TPSA) is 53.7 Å². The molecule has 1 fully saturated rings. The van der Waals surface area contributed by atoms with Crippen molar-refractivity contribution in [1.29, 1.82) is 0 Å². The number of nitrogens with zero attached hydrogens (tertiary/aromatic N) is 3. The van der Waals surface area contributed by atoms with E-state index in [1.807, 2.05) is 54.2 Å². The Morgan fingerprint density at radius 3 is 2.44 bits per heavy atom. The number of rotatable bonds is 5. The maximum Gasteiger partial charge on any atom is 0.243 e. The Morgan fingerprint density at radius 1 is 1.12 bits per heavy atom. The molecular formula is C18H24N3O3S+. The Morgan fingerprint density at radius 2 is 1.80 bits per heavy atom. The Labute approximate surface area is 149 Å². The third-order valence-electron chi connectivity index (χ3n) is 4.26. The summed E-state index contributed by atoms with van der Waals surface area (Å²) < 4.78 is 34.3. The highest BCUT2D eigenvalue weighted by atomic mass is 32.2. The van der Waals surface area contributed by atoms with Gasteiger partial charge in [-0.2, -0.15) is 4.31 Å². The van der Waals surface area contributed by atoms with Gasteiger partial charge in [-0.15, -0.1) is 0 Å². The predicted molar refractivity (Wildman–Crippen MR) is 96.1 cm³/mol. The number of hydrogen-bond donors (Lipinski definition) is 0. The van der Waals surface area contributed by atoms with E-state index in [1.54, 1.807) is 18.2 Å². The number of aromatic nitrogens is 1. The Kier molecular flexibility index (Phi) is 5.36. The van der Waals surface area contributed by atoms with E-state index in [2.05, 4.69) is 0 Å². The normalized spacial score (nSPS) is 15.9. The van der Waals surface area contributed by atoms with Crippen LogP contribution >= 0.6 is 0 Å². The number of anilines is 1. The summed E-state index contributed by atoms with van der Waals surface area (Å²) in [7, 11) is 0.542. The van der Waals surface area contributed by atoms with E-state index in [9.17, 15) is 8.42 Å². The van der Waals surface area contributed by atoms with Crippen LogP contribution in [0.5, 0.6) is 0 Å². The molecule has 0 aliphatic carbocycles. The maximum absolute atomic E-state index is 12.8. The molecule has 2 aromatic rings. The van der Waals surface area contributed by atoms with Crippen LogP contribution in [0.4, 0.5) is 5.69 Å². The molecule has 6 nitrogen and oxygen atoms in total. The summed E-state index contributed by atoms with van der Waals surface area (Å²) in [6.07, 6.45) is 4.00. The molecule has 0 atom stereocenters. The van der Waals surface area contributed by atoms with Gasteiger partial charge in [-0.25, -0.2) is 13.0 Å². The molecule has 1 aromatic heterocycles. The Balaban J connectivity index is 1.79. The van der Waals surface area contributed by atoms with Gasteiger partial charge < -0.3 is 9.64 Å². The van der Waals surface area contributed by atoms with Crippen LogP contribution in [0.2, 0.25) is 0 Å². The molecule has 0 radical (unpaired) electrons. The monoisotopic (exact) mass is 362 g/mol. The van der Waals surface area contributed by atoms with Crippen LogP contribution in [0.1, 0.15) is 5.56 Å². The highest BCUT2D eigenvalue weighted by molar-refractivity contribution is 7.89. The van der Waals surface area contributed by atoms with Gasteiger partial charge in [0, 0.05) is 50.6 Å². The lowest BCUT2D eigenvalue weighted by molar-refractivity contribution is -0.688. The zero-order chi connectivity index (χ0) is 17.9. The van der Waals surface area contributed by atoms with Crippen molar-refractivity contribution < 1.29 is 17.7 Å². The summed E-state index contributed by atoms with van der Waals surface area (Å²) in [6.45, 7) is 2.35. The lowest BCUT2D eigenvalue weighted by atomic mass is 10.2. The van der Waals surface area contributed by atoms with Crippen LogP contribution in [0.25, 0.3) is 0 Å². The van der Waals surface area contributed by atoms with Gasteiger partial charge >= 0.3 is 0 Å². The smallest absolute Gasteiger partial charge is 0.243 e. The van der Waals surface area contributed by atoms with E-state index in [4.69, 9.17) is 4.74 Å². The Bertz CT molecular complexity index is 814. The highest BCUT2D eigenvalue weighted by Crippen LogP contribution is 2.18. The molecule has 0 unspecified atom stereocenters. The summed E-state index contributed by atoms with van der Waals surface area (Å²) in [5, 5.41) is 0. The zero-order valence-electron chi connectivity index (χ0n) is 14.6. The molecule has 1 saturated heterocycles. The summed E-state index contributed by atoms with van der Waals surface area (Å²) in [6, 6.07) is 11.2. The molecule has 1 aliphatic heterocycles. The molecule has 134 valence electrons. The quantitative estimate of drug-likeness (QED) is 0.748. The van der Waals surface area contributed by atoms with Crippen molar-refractivity contribution in [3.8, 4) is 0 Å². The standard InChI is InChI=1S/C18H24N3O3S/c1-19(2)17-6-8-20(9-7-17)15-16-4-3-5-18(14-16)25(22,23)21-10-12-24-13-11-21/h3-9,14H,10-13,15H2,1-2H3/q+1. The van der Waals surface area contributed by atoms with Gasteiger partial charge in [0.25, 0.3) is 0 Å². The van der Waals surface area contributed by atoms with Crippen molar-refractivity contribution in [3.63, 3.8) is 0 Å². The van der Waals surface area contributed by atoms with E-state index in [-0.39, 0.29) is 0 Å². The number of ether oxygens (including phenoxy) is 1. The van der Waals surface area contributed by atoms with Gasteiger partial charge in [0.2, 0.25) is 10.0 Å². The fraction of sp³-hybridized carbons (Fsp3) is 0.389. The molecule has 7 heteroatoms. The van der Waals surface area contributed by atoms with E-state index in [0.717, 1.165) is 11.3 Å². The van der Waals surface area contributed by atoms with Crippen LogP contribution in [-0.2, 0) is 21.3 Å². The zero-order valence-corrected chi connectivity index (χ0v) is 15.4. The Hall–Kier alpha value is -1.96. The second-order valence-electron chi connectivity index (χ2n) is 6.29. The molecule has 0 amide bonds. The molecule has 2 heterocycles. The van der Waals surface area contributed by atoms with Gasteiger partial charge in [0.1, 0.15) is 0 Å². The van der Waals surface area contributed by atoms with Crippen LogP contribution in [-0.4, -0.2) is 53.1 Å². The second-order valence-corrected chi connectivity index (χ2v) is 8.22. The molecule has 25 heavy (non-hydrogen) atoms. The number of benzene rings is 1. The van der Waals surface area contributed by atoms with Gasteiger partial charge in [-0.3, -0.25) is 0 Å². The average molecular weight is 362 g/mol. The first-order valence-corrected chi connectivity index (χ1v) is 9.74. The number of hydrogen-bond acceptors (Lipinski definition) is 4. The van der Waals surface area contributed by atoms with Crippen LogP contribution in [0, 0.1) is 0 Å². The third-order valence-corrected chi connectivity index (χ3v) is 6.16. The van der Waals surface area contributed by atoms with Gasteiger partial charge in [-0.05, 0) is 12.1 Å². The van der Waals surface area contributed by atoms with Crippen molar-refractivity contribution in [1.82, 2.24) is 4.31 Å². The first-order chi connectivity index (χ1) is 12.0. The van der Waals surface area contributed by atoms with Gasteiger partial charge in [0.15, 0.2) is 18.9 Å². The minimum atomic E-state index is -3.46. The second kappa shape index (κ2) is 7.51. The van der Waals surface area contributed by atoms with Gasteiger partial charge in [-0.1, -0.05) is 12.1 Å². The van der Waals surface area contributed by atoms with E-state index >= 15 is 0 Å². The molecule has 0 bridgehead atoms. The average Bonchev–Trinajstić information content (AvgIpc) is 2.63. The van der Waals surface area contributed by atoms with Crippen molar-refractivity contribution in [2.45, 2.75) is 11.4 Å². The minimum Gasteiger partial charge on any atom is -0.379 e. The largest absolute Gasteiger partial charge is 0.379 e. The van der Waals surface area contributed by atoms with E-state index in [1.165, 1.54) is 4.31 Å². The third kappa shape index (κ3) is 4.18. The van der Waals surface area contributed by atoms with Crippen molar-refractivity contribution in [2.24, 2.45) is 0 Å². The van der Waals surface area contributed by atoms with Crippen LogP contribution < -0.4 is 9.47 Å². The lowest BCUT2D eigenvalue weighted by Gasteiger charge is -2.26. The number of morpholine rings is 1. The fourth-order valence-corrected chi connectivity index (χ4v) is 4.28. The first kappa shape index (κ1) is 17.8. The van der Waals surface area contributed by atoms with Crippen LogP contribution in [0.15, 0.2) is 53.7 Å². The number of pyridine rings is 1. The molecule has 1 aromatic carbocycles. The summed E-state index contributed by atoms with van der Waals surface area (Å²) >= 11 is 0. The lowest BCUT2D eigenvalue weighted by Crippen LogP contribution is -2.40. The molecule has 0 saturated carbocycles. The SMILES string of the molecule is CN(C)c1cc[n+](Cc2cccc(S(=O)(=O)N3CCOCC3)c2)cc1. The fourth-order valence-electron chi connectivity index (χ4n) is 2.80. The first-order valence-electron chi connectivity index (χ1n) is 8.30. The van der Waals surface area contributed by atoms with Crippen molar-refractivity contribution >= 4 is 15.7 Å². The van der Waals surface area contributed by atoms with Crippen molar-refractivity contribution in [3.05, 3.63) is 54.4 Å². The highest BCUT2D eigenvalue weighted by Gasteiger charge is 2.26. The summed E-state index contributed by atoms with van der Waals surface area (Å²) in [5.41, 5.74) is 2.08. The summed E-state index contributed by atoms with van der Waals surface area (Å²) in [4.78, 5) is 2.39. The molecular weight excluding hydrogens is 338 g/mol. The maximum atomic E-state index is 12.8. The van der Waals surface area contributed by atoms with Crippen LogP contribution in [0.3, 0.4) is 0 Å². The molecule has 3 rings (SSSR count).